The molecule has 4 amide bonds. The molecule has 12 nitrogen and oxygen atoms in total. The Morgan fingerprint density at radius 3 is 1.39 bits per heavy atom. The van der Waals surface area contributed by atoms with E-state index in [4.69, 9.17) is 9.47 Å². The number of nitrogens with zero attached hydrogens (tertiary/aromatic N) is 2. The minimum atomic E-state index is -0.699. The van der Waals surface area contributed by atoms with E-state index in [1.165, 1.54) is 9.80 Å². The van der Waals surface area contributed by atoms with Gasteiger partial charge in [-0.2, -0.15) is 0 Å². The lowest BCUT2D eigenvalue weighted by atomic mass is 10.1. The average Bonchev–Trinajstić information content (AvgIpc) is 3.53. The van der Waals surface area contributed by atoms with E-state index >= 15 is 0 Å². The Labute approximate surface area is 224 Å². The van der Waals surface area contributed by atoms with Crippen LogP contribution >= 0.6 is 0 Å². The second kappa shape index (κ2) is 15.3. The molecule has 0 aromatic heterocycles. The Morgan fingerprint density at radius 2 is 1.05 bits per heavy atom. The van der Waals surface area contributed by atoms with Crippen molar-refractivity contribution in [1.29, 1.82) is 0 Å². The standard InChI is InChI=1S/C26H42N4O8/c1-17(2)27-21(31)15-37-25(35)19-9-7-13-29(19)23(33)11-5-6-12-24(34)30-14-8-10-20(30)26(36)38-16-22(32)28-18(3)4/h17-20H,5-16H2,1-4H3,(H,27,31)(H,28,32)/t19-,20-/m1/s1. The molecule has 2 rings (SSSR count). The molecular weight excluding hydrogens is 496 g/mol. The van der Waals surface area contributed by atoms with Crippen LogP contribution in [0.5, 0.6) is 0 Å². The normalized spacial score (nSPS) is 19.0. The minimum absolute atomic E-state index is 0.0643. The third-order valence-corrected chi connectivity index (χ3v) is 6.31. The van der Waals surface area contributed by atoms with Crippen molar-refractivity contribution < 1.29 is 38.2 Å². The third-order valence-electron chi connectivity index (χ3n) is 6.31. The van der Waals surface area contributed by atoms with E-state index in [0.29, 0.717) is 51.6 Å². The van der Waals surface area contributed by atoms with Crippen LogP contribution in [-0.2, 0) is 38.2 Å². The summed E-state index contributed by atoms with van der Waals surface area (Å²) >= 11 is 0. The molecule has 38 heavy (non-hydrogen) atoms. The molecule has 2 heterocycles. The topological polar surface area (TPSA) is 151 Å². The largest absolute Gasteiger partial charge is 0.454 e. The molecule has 2 aliphatic heterocycles. The zero-order chi connectivity index (χ0) is 28.2. The second-order valence-corrected chi connectivity index (χ2v) is 10.4. The van der Waals surface area contributed by atoms with Crippen molar-refractivity contribution in [3.63, 3.8) is 0 Å². The van der Waals surface area contributed by atoms with Crippen molar-refractivity contribution in [2.75, 3.05) is 26.3 Å². The van der Waals surface area contributed by atoms with Gasteiger partial charge in [0.15, 0.2) is 13.2 Å². The van der Waals surface area contributed by atoms with Crippen molar-refractivity contribution in [2.24, 2.45) is 0 Å². The van der Waals surface area contributed by atoms with E-state index in [1.807, 2.05) is 0 Å². The number of unbranched alkanes of at least 4 members (excludes halogenated alkanes) is 1. The van der Waals surface area contributed by atoms with Crippen LogP contribution in [0.4, 0.5) is 0 Å². The van der Waals surface area contributed by atoms with Crippen molar-refractivity contribution in [3.8, 4) is 0 Å². The molecule has 2 N–H and O–H groups in total. The molecule has 214 valence electrons. The highest BCUT2D eigenvalue weighted by Gasteiger charge is 2.36. The lowest BCUT2D eigenvalue weighted by Crippen LogP contribution is -2.43. The number of hydrogen-bond acceptors (Lipinski definition) is 8. The van der Waals surface area contributed by atoms with Gasteiger partial charge in [-0.1, -0.05) is 0 Å². The summed E-state index contributed by atoms with van der Waals surface area (Å²) in [6.45, 7) is 7.35. The maximum atomic E-state index is 12.7. The van der Waals surface area contributed by atoms with Gasteiger partial charge in [0.05, 0.1) is 0 Å². The second-order valence-electron chi connectivity index (χ2n) is 10.4. The first-order valence-electron chi connectivity index (χ1n) is 13.5. The van der Waals surface area contributed by atoms with Gasteiger partial charge in [0, 0.05) is 38.0 Å². The van der Waals surface area contributed by atoms with E-state index in [9.17, 15) is 28.8 Å². The molecule has 0 spiro atoms. The predicted octanol–water partition coefficient (Wildman–Crippen LogP) is 0.664. The number of hydrogen-bond donors (Lipinski definition) is 2. The van der Waals surface area contributed by atoms with Gasteiger partial charge < -0.3 is 29.9 Å². The number of likely N-dealkylation sites (tertiary alicyclic amines) is 2. The first-order valence-corrected chi connectivity index (χ1v) is 13.5. The number of carbonyl (C=O) groups is 6. The Hall–Kier alpha value is -3.18. The molecule has 0 aromatic rings. The quantitative estimate of drug-likeness (QED) is 0.256. The highest BCUT2D eigenvalue weighted by atomic mass is 16.5. The summed E-state index contributed by atoms with van der Waals surface area (Å²) in [5.41, 5.74) is 0. The first-order chi connectivity index (χ1) is 18.0. The van der Waals surface area contributed by atoms with Crippen LogP contribution in [0.3, 0.4) is 0 Å². The Kier molecular flexibility index (Phi) is 12.5. The van der Waals surface area contributed by atoms with Crippen LogP contribution < -0.4 is 10.6 Å². The van der Waals surface area contributed by atoms with Crippen molar-refractivity contribution in [1.82, 2.24) is 20.4 Å². The molecule has 0 bridgehead atoms. The fourth-order valence-corrected chi connectivity index (χ4v) is 4.65. The predicted molar refractivity (Wildman–Crippen MR) is 136 cm³/mol. The summed E-state index contributed by atoms with van der Waals surface area (Å²) in [6, 6.07) is -1.53. The molecule has 2 aliphatic rings. The molecule has 12 heteroatoms. The van der Waals surface area contributed by atoms with Crippen LogP contribution in [0, 0.1) is 0 Å². The number of amides is 4. The monoisotopic (exact) mass is 538 g/mol. The summed E-state index contributed by atoms with van der Waals surface area (Å²) < 4.78 is 10.2. The van der Waals surface area contributed by atoms with E-state index in [1.54, 1.807) is 27.7 Å². The summed E-state index contributed by atoms with van der Waals surface area (Å²) in [5.74, 6) is -2.33. The Morgan fingerprint density at radius 1 is 0.684 bits per heavy atom. The van der Waals surface area contributed by atoms with Gasteiger partial charge in [-0.15, -0.1) is 0 Å². The number of nitrogens with one attached hydrogen (secondary N) is 2. The fraction of sp³-hybridized carbons (Fsp3) is 0.769. The zero-order valence-electron chi connectivity index (χ0n) is 23.0. The van der Waals surface area contributed by atoms with Gasteiger partial charge in [0.2, 0.25) is 11.8 Å². The number of rotatable bonds is 13. The average molecular weight is 539 g/mol. The number of ether oxygens (including phenoxy) is 2. The molecule has 0 aromatic carbocycles. The van der Waals surface area contributed by atoms with Crippen LogP contribution in [-0.4, -0.2) is 95.8 Å². The molecule has 0 saturated carbocycles. The van der Waals surface area contributed by atoms with Crippen molar-refractivity contribution in [2.45, 2.75) is 103 Å². The summed E-state index contributed by atoms with van der Waals surface area (Å²) in [5, 5.41) is 5.28. The zero-order valence-corrected chi connectivity index (χ0v) is 23.0. The maximum Gasteiger partial charge on any atom is 0.329 e. The molecule has 0 aliphatic carbocycles. The van der Waals surface area contributed by atoms with Crippen molar-refractivity contribution in [3.05, 3.63) is 0 Å². The number of esters is 2. The molecule has 2 atom stereocenters. The molecular formula is C26H42N4O8. The summed E-state index contributed by atoms with van der Waals surface area (Å²) in [6.07, 6.45) is 3.60. The smallest absolute Gasteiger partial charge is 0.329 e. The van der Waals surface area contributed by atoms with Gasteiger partial charge in [-0.3, -0.25) is 19.2 Å². The van der Waals surface area contributed by atoms with Crippen LogP contribution in [0.1, 0.15) is 79.1 Å². The lowest BCUT2D eigenvalue weighted by Gasteiger charge is -2.24. The third kappa shape index (κ3) is 9.94. The van der Waals surface area contributed by atoms with E-state index < -0.39 is 24.0 Å². The fourth-order valence-electron chi connectivity index (χ4n) is 4.65. The minimum Gasteiger partial charge on any atom is -0.454 e. The lowest BCUT2D eigenvalue weighted by molar-refractivity contribution is -0.156. The van der Waals surface area contributed by atoms with Gasteiger partial charge in [-0.05, 0) is 66.2 Å². The van der Waals surface area contributed by atoms with Crippen molar-refractivity contribution >= 4 is 35.6 Å². The molecule has 0 radical (unpaired) electrons. The SMILES string of the molecule is CC(C)NC(=O)COC(=O)[C@H]1CCCN1C(=O)CCCCC(=O)N1CCC[C@@H]1C(=O)OCC(=O)NC(C)C. The van der Waals surface area contributed by atoms with Gasteiger partial charge in [-0.25, -0.2) is 9.59 Å². The summed E-state index contributed by atoms with van der Waals surface area (Å²) in [7, 11) is 0. The highest BCUT2D eigenvalue weighted by Crippen LogP contribution is 2.22. The maximum absolute atomic E-state index is 12.7. The molecule has 2 fully saturated rings. The van der Waals surface area contributed by atoms with E-state index in [0.717, 1.165) is 0 Å². The Bertz CT molecular complexity index is 805. The van der Waals surface area contributed by atoms with Gasteiger partial charge >= 0.3 is 11.9 Å². The van der Waals surface area contributed by atoms with Gasteiger partial charge in [0.1, 0.15) is 12.1 Å². The summed E-state index contributed by atoms with van der Waals surface area (Å²) in [4.78, 5) is 76.7. The van der Waals surface area contributed by atoms with Gasteiger partial charge in [0.25, 0.3) is 11.8 Å². The Balaban J connectivity index is 1.72. The number of carbonyl (C=O) groups excluding carboxylic acids is 6. The first kappa shape index (κ1) is 31.0. The van der Waals surface area contributed by atoms with E-state index in [2.05, 4.69) is 10.6 Å². The van der Waals surface area contributed by atoms with E-state index in [-0.39, 0.29) is 61.8 Å². The van der Waals surface area contributed by atoms with Crippen LogP contribution in [0.25, 0.3) is 0 Å². The molecule has 0 unspecified atom stereocenters. The highest BCUT2D eigenvalue weighted by molar-refractivity contribution is 5.88. The molecule has 2 saturated heterocycles. The van der Waals surface area contributed by atoms with Crippen LogP contribution in [0.15, 0.2) is 0 Å². The van der Waals surface area contributed by atoms with Crippen LogP contribution in [0.2, 0.25) is 0 Å².